The zero-order valence-corrected chi connectivity index (χ0v) is 8.89. The monoisotopic (exact) mass is 208 g/mol. The first-order valence-corrected chi connectivity index (χ1v) is 5.11. The van der Waals surface area contributed by atoms with Crippen molar-refractivity contribution in [2.45, 2.75) is 0 Å². The molecule has 0 saturated carbocycles. The van der Waals surface area contributed by atoms with Gasteiger partial charge in [0, 0.05) is 5.56 Å². The molecule has 2 aromatic rings. The average molecular weight is 208 g/mol. The fourth-order valence-corrected chi connectivity index (χ4v) is 1.60. The number of carbonyl (C=O) groups is 1. The number of carbonyl (C=O) groups excluding carboxylic acids is 1. The van der Waals surface area contributed by atoms with Crippen molar-refractivity contribution in [2.75, 3.05) is 0 Å². The van der Waals surface area contributed by atoms with Gasteiger partial charge in [-0.25, -0.2) is 0 Å². The molecular formula is C15H12O. The molecule has 0 heterocycles. The van der Waals surface area contributed by atoms with Crippen LogP contribution < -0.4 is 0 Å². The minimum absolute atomic E-state index is 0.698. The van der Waals surface area contributed by atoms with Gasteiger partial charge in [-0.05, 0) is 22.8 Å². The highest BCUT2D eigenvalue weighted by molar-refractivity contribution is 5.77. The van der Waals surface area contributed by atoms with Crippen molar-refractivity contribution < 1.29 is 4.79 Å². The molecule has 2 rings (SSSR count). The molecule has 0 N–H and O–H groups in total. The van der Waals surface area contributed by atoms with Crippen LogP contribution in [-0.2, 0) is 0 Å². The first kappa shape index (κ1) is 10.4. The lowest BCUT2D eigenvalue weighted by Gasteiger charge is -2.03. The molecule has 0 aliphatic heterocycles. The van der Waals surface area contributed by atoms with Crippen LogP contribution >= 0.6 is 0 Å². The van der Waals surface area contributed by atoms with E-state index in [9.17, 15) is 4.79 Å². The van der Waals surface area contributed by atoms with Crippen LogP contribution in [0.2, 0.25) is 0 Å². The maximum atomic E-state index is 10.5. The van der Waals surface area contributed by atoms with Crippen molar-refractivity contribution in [2.24, 2.45) is 0 Å². The van der Waals surface area contributed by atoms with Gasteiger partial charge in [0.25, 0.3) is 0 Å². The predicted molar refractivity (Wildman–Crippen MR) is 67.4 cm³/mol. The standard InChI is InChI=1S/C15H12O/c1-2-12-4-3-5-15(10-12)14-8-6-13(11-16)7-9-14/h2-11H,1H2. The third-order valence-corrected chi connectivity index (χ3v) is 2.50. The van der Waals surface area contributed by atoms with Crippen LogP contribution in [0.1, 0.15) is 15.9 Å². The molecule has 0 aliphatic rings. The molecule has 0 atom stereocenters. The molecule has 78 valence electrons. The van der Waals surface area contributed by atoms with E-state index in [2.05, 4.69) is 12.6 Å². The van der Waals surface area contributed by atoms with Crippen molar-refractivity contribution in [1.82, 2.24) is 0 Å². The SMILES string of the molecule is C=Cc1cccc(-c2ccc(C=O)cc2)c1. The quantitative estimate of drug-likeness (QED) is 0.701. The first-order valence-electron chi connectivity index (χ1n) is 5.11. The minimum Gasteiger partial charge on any atom is -0.298 e. The number of hydrogen-bond acceptors (Lipinski definition) is 1. The van der Waals surface area contributed by atoms with Gasteiger partial charge >= 0.3 is 0 Å². The molecule has 16 heavy (non-hydrogen) atoms. The van der Waals surface area contributed by atoms with Gasteiger partial charge in [-0.3, -0.25) is 4.79 Å². The molecule has 0 amide bonds. The Morgan fingerprint density at radius 3 is 2.25 bits per heavy atom. The third kappa shape index (κ3) is 2.09. The fourth-order valence-electron chi connectivity index (χ4n) is 1.60. The summed E-state index contributed by atoms with van der Waals surface area (Å²) >= 11 is 0. The zero-order chi connectivity index (χ0) is 11.4. The molecule has 0 unspecified atom stereocenters. The number of benzene rings is 2. The lowest BCUT2D eigenvalue weighted by Crippen LogP contribution is -1.82. The Kier molecular flexibility index (Phi) is 2.97. The van der Waals surface area contributed by atoms with Crippen LogP contribution in [-0.4, -0.2) is 6.29 Å². The molecule has 2 aromatic carbocycles. The molecule has 0 aliphatic carbocycles. The predicted octanol–water partition coefficient (Wildman–Crippen LogP) is 3.81. The Labute approximate surface area is 95.1 Å². The smallest absolute Gasteiger partial charge is 0.150 e. The lowest BCUT2D eigenvalue weighted by molar-refractivity contribution is 0.112. The molecule has 1 heteroatoms. The van der Waals surface area contributed by atoms with E-state index in [1.54, 1.807) is 0 Å². The van der Waals surface area contributed by atoms with E-state index in [1.807, 2.05) is 48.5 Å². The average Bonchev–Trinajstić information content (AvgIpc) is 2.39. The van der Waals surface area contributed by atoms with Crippen LogP contribution in [0.5, 0.6) is 0 Å². The summed E-state index contributed by atoms with van der Waals surface area (Å²) in [6.45, 7) is 3.75. The molecular weight excluding hydrogens is 196 g/mol. The van der Waals surface area contributed by atoms with E-state index in [0.29, 0.717) is 5.56 Å². The topological polar surface area (TPSA) is 17.1 Å². The van der Waals surface area contributed by atoms with E-state index >= 15 is 0 Å². The maximum absolute atomic E-state index is 10.5. The van der Waals surface area contributed by atoms with E-state index in [1.165, 1.54) is 0 Å². The second kappa shape index (κ2) is 4.58. The molecule has 0 aromatic heterocycles. The summed E-state index contributed by atoms with van der Waals surface area (Å²) in [5.74, 6) is 0. The fraction of sp³-hybridized carbons (Fsp3) is 0. The molecule has 0 radical (unpaired) electrons. The summed E-state index contributed by atoms with van der Waals surface area (Å²) in [6, 6.07) is 15.7. The van der Waals surface area contributed by atoms with Crippen LogP contribution in [0.25, 0.3) is 17.2 Å². The summed E-state index contributed by atoms with van der Waals surface area (Å²) in [5.41, 5.74) is 4.03. The highest BCUT2D eigenvalue weighted by Gasteiger charge is 1.98. The molecule has 0 spiro atoms. The van der Waals surface area contributed by atoms with E-state index < -0.39 is 0 Å². The second-order valence-corrected chi connectivity index (χ2v) is 3.57. The third-order valence-electron chi connectivity index (χ3n) is 2.50. The zero-order valence-electron chi connectivity index (χ0n) is 8.89. The van der Waals surface area contributed by atoms with Gasteiger partial charge in [0.05, 0.1) is 0 Å². The highest BCUT2D eigenvalue weighted by Crippen LogP contribution is 2.21. The maximum Gasteiger partial charge on any atom is 0.150 e. The van der Waals surface area contributed by atoms with E-state index in [-0.39, 0.29) is 0 Å². The summed E-state index contributed by atoms with van der Waals surface area (Å²) in [4.78, 5) is 10.5. The van der Waals surface area contributed by atoms with Crippen LogP contribution in [0.3, 0.4) is 0 Å². The number of hydrogen-bond donors (Lipinski definition) is 0. The van der Waals surface area contributed by atoms with Crippen molar-refractivity contribution >= 4 is 12.4 Å². The first-order chi connectivity index (χ1) is 7.83. The Bertz CT molecular complexity index is 509. The van der Waals surface area contributed by atoms with Gasteiger partial charge < -0.3 is 0 Å². The second-order valence-electron chi connectivity index (χ2n) is 3.57. The molecule has 1 nitrogen and oxygen atoms in total. The highest BCUT2D eigenvalue weighted by atomic mass is 16.1. The minimum atomic E-state index is 0.698. The Morgan fingerprint density at radius 1 is 0.875 bits per heavy atom. The lowest BCUT2D eigenvalue weighted by atomic mass is 10.0. The van der Waals surface area contributed by atoms with Gasteiger partial charge in [-0.1, -0.05) is 55.1 Å². The molecule has 0 bridgehead atoms. The number of aldehydes is 1. The molecule has 0 saturated heterocycles. The molecule has 0 fully saturated rings. The summed E-state index contributed by atoms with van der Waals surface area (Å²) in [7, 11) is 0. The Morgan fingerprint density at radius 2 is 1.62 bits per heavy atom. The van der Waals surface area contributed by atoms with E-state index in [0.717, 1.165) is 23.0 Å². The van der Waals surface area contributed by atoms with E-state index in [4.69, 9.17) is 0 Å². The summed E-state index contributed by atoms with van der Waals surface area (Å²) in [6.07, 6.45) is 2.67. The Hall–Kier alpha value is -2.15. The summed E-state index contributed by atoms with van der Waals surface area (Å²) < 4.78 is 0. The van der Waals surface area contributed by atoms with Gasteiger partial charge in [0.1, 0.15) is 6.29 Å². The van der Waals surface area contributed by atoms with Crippen LogP contribution in [0.4, 0.5) is 0 Å². The normalized spacial score (nSPS) is 9.75. The van der Waals surface area contributed by atoms with Crippen molar-refractivity contribution in [3.8, 4) is 11.1 Å². The Balaban J connectivity index is 2.41. The number of rotatable bonds is 3. The van der Waals surface area contributed by atoms with Crippen molar-refractivity contribution in [1.29, 1.82) is 0 Å². The van der Waals surface area contributed by atoms with Gasteiger partial charge in [-0.2, -0.15) is 0 Å². The van der Waals surface area contributed by atoms with Gasteiger partial charge in [0.2, 0.25) is 0 Å². The van der Waals surface area contributed by atoms with Crippen molar-refractivity contribution in [3.05, 3.63) is 66.2 Å². The van der Waals surface area contributed by atoms with Gasteiger partial charge in [-0.15, -0.1) is 0 Å². The van der Waals surface area contributed by atoms with Crippen molar-refractivity contribution in [3.63, 3.8) is 0 Å². The van der Waals surface area contributed by atoms with Gasteiger partial charge in [0.15, 0.2) is 0 Å². The summed E-state index contributed by atoms with van der Waals surface area (Å²) in [5, 5.41) is 0. The van der Waals surface area contributed by atoms with Crippen LogP contribution in [0.15, 0.2) is 55.1 Å². The largest absolute Gasteiger partial charge is 0.298 e. The van der Waals surface area contributed by atoms with Crippen LogP contribution in [0, 0.1) is 0 Å².